The summed E-state index contributed by atoms with van der Waals surface area (Å²) in [6, 6.07) is 54.4. The largest absolute Gasteiger partial charge is 0.0616 e. The number of fused-ring (bicyclic) bond motifs is 8. The van der Waals surface area contributed by atoms with E-state index in [1.165, 1.54) is 98.0 Å². The molecule has 0 nitrogen and oxygen atoms in total. The molecule has 0 amide bonds. The molecule has 0 heterocycles. The van der Waals surface area contributed by atoms with Crippen LogP contribution in [0.3, 0.4) is 0 Å². The fourth-order valence-corrected chi connectivity index (χ4v) is 7.49. The zero-order valence-corrected chi connectivity index (χ0v) is 24.9. The molecule has 9 aromatic carbocycles. The first kappa shape index (κ1) is 25.1. The Morgan fingerprint density at radius 1 is 0.318 bits per heavy atom. The van der Waals surface area contributed by atoms with Crippen molar-refractivity contribution in [2.45, 2.75) is 13.8 Å². The number of hydrogen-bond acceptors (Lipinski definition) is 0. The molecule has 0 bridgehead atoms. The van der Waals surface area contributed by atoms with Crippen LogP contribution in [0.1, 0.15) is 11.1 Å². The van der Waals surface area contributed by atoms with Gasteiger partial charge in [-0.2, -0.15) is 0 Å². The van der Waals surface area contributed by atoms with Crippen LogP contribution in [-0.2, 0) is 0 Å². The van der Waals surface area contributed by atoms with E-state index in [0.29, 0.717) is 0 Å². The van der Waals surface area contributed by atoms with Crippen molar-refractivity contribution in [2.75, 3.05) is 0 Å². The van der Waals surface area contributed by atoms with Crippen LogP contribution in [0.5, 0.6) is 0 Å². The maximum absolute atomic E-state index is 2.44. The van der Waals surface area contributed by atoms with Gasteiger partial charge in [-0.1, -0.05) is 145 Å². The van der Waals surface area contributed by atoms with Gasteiger partial charge in [0.2, 0.25) is 0 Å². The van der Waals surface area contributed by atoms with Crippen molar-refractivity contribution in [3.05, 3.63) is 157 Å². The summed E-state index contributed by atoms with van der Waals surface area (Å²) in [7, 11) is 0. The summed E-state index contributed by atoms with van der Waals surface area (Å²) >= 11 is 0. The minimum atomic E-state index is 1.26. The van der Waals surface area contributed by atoms with Crippen LogP contribution in [0.2, 0.25) is 0 Å². The summed E-state index contributed by atoms with van der Waals surface area (Å²) in [5.74, 6) is 0. The van der Waals surface area contributed by atoms with Crippen molar-refractivity contribution in [1.29, 1.82) is 0 Å². The Kier molecular flexibility index (Phi) is 5.43. The van der Waals surface area contributed by atoms with Gasteiger partial charge >= 0.3 is 0 Å². The predicted molar refractivity (Wildman–Crippen MR) is 192 cm³/mol. The standard InChI is InChI=1S/C44H30/c1-27-16-22-38-39(23-27)43(32-19-17-29-9-3-4-11-31(29)25-32)37-21-15-28(2)24-40(37)44(38)41-26-33-20-18-30-10-5-6-12-34(30)42(33)36-14-8-7-13-35(36)41/h3-26H,1-2H3. The Hall–Kier alpha value is -5.46. The Morgan fingerprint density at radius 3 is 1.66 bits per heavy atom. The first-order valence-electron chi connectivity index (χ1n) is 15.4. The third-order valence-corrected chi connectivity index (χ3v) is 9.48. The van der Waals surface area contributed by atoms with E-state index in [2.05, 4.69) is 159 Å². The van der Waals surface area contributed by atoms with Gasteiger partial charge in [-0.25, -0.2) is 0 Å². The van der Waals surface area contributed by atoms with Gasteiger partial charge in [0.05, 0.1) is 0 Å². The molecule has 0 unspecified atom stereocenters. The molecule has 0 spiro atoms. The lowest BCUT2D eigenvalue weighted by molar-refractivity contribution is 1.50. The van der Waals surface area contributed by atoms with Crippen molar-refractivity contribution >= 4 is 64.6 Å². The van der Waals surface area contributed by atoms with Crippen molar-refractivity contribution in [2.24, 2.45) is 0 Å². The Bertz CT molecular complexity index is 2620. The fraction of sp³-hybridized carbons (Fsp3) is 0.0455. The van der Waals surface area contributed by atoms with Crippen LogP contribution in [0, 0.1) is 13.8 Å². The molecule has 0 aliphatic rings. The van der Waals surface area contributed by atoms with Gasteiger partial charge in [-0.3, -0.25) is 0 Å². The van der Waals surface area contributed by atoms with Gasteiger partial charge in [-0.05, 0) is 113 Å². The molecule has 0 aliphatic heterocycles. The molecule has 0 saturated carbocycles. The molecular weight excluding hydrogens is 528 g/mol. The van der Waals surface area contributed by atoms with Crippen LogP contribution >= 0.6 is 0 Å². The Labute approximate surface area is 256 Å². The molecule has 0 heteroatoms. The monoisotopic (exact) mass is 558 g/mol. The smallest absolute Gasteiger partial charge is 0.00198 e. The minimum Gasteiger partial charge on any atom is -0.0616 e. The highest BCUT2D eigenvalue weighted by molar-refractivity contribution is 6.28. The van der Waals surface area contributed by atoms with Crippen LogP contribution in [0.25, 0.3) is 86.9 Å². The highest BCUT2D eigenvalue weighted by Gasteiger charge is 2.20. The summed E-state index contributed by atoms with van der Waals surface area (Å²) in [6.07, 6.45) is 0. The van der Waals surface area contributed by atoms with Crippen LogP contribution in [-0.4, -0.2) is 0 Å². The first-order valence-corrected chi connectivity index (χ1v) is 15.4. The lowest BCUT2D eigenvalue weighted by Gasteiger charge is -2.21. The topological polar surface area (TPSA) is 0 Å². The van der Waals surface area contributed by atoms with E-state index < -0.39 is 0 Å². The van der Waals surface area contributed by atoms with E-state index in [1.807, 2.05) is 0 Å². The lowest BCUT2D eigenvalue weighted by atomic mass is 9.82. The van der Waals surface area contributed by atoms with E-state index in [0.717, 1.165) is 0 Å². The van der Waals surface area contributed by atoms with Gasteiger partial charge in [0.1, 0.15) is 0 Å². The molecule has 0 saturated heterocycles. The normalized spacial score (nSPS) is 11.9. The molecule has 0 fully saturated rings. The van der Waals surface area contributed by atoms with Gasteiger partial charge < -0.3 is 0 Å². The summed E-state index contributed by atoms with van der Waals surface area (Å²) in [5, 5.41) is 15.5. The van der Waals surface area contributed by atoms with Crippen molar-refractivity contribution in [3.63, 3.8) is 0 Å². The number of aryl methyl sites for hydroxylation is 2. The molecule has 0 aromatic heterocycles. The maximum atomic E-state index is 2.44. The average Bonchev–Trinajstić information content (AvgIpc) is 3.06. The highest BCUT2D eigenvalue weighted by Crippen LogP contribution is 2.47. The Morgan fingerprint density at radius 2 is 0.886 bits per heavy atom. The molecule has 44 heavy (non-hydrogen) atoms. The lowest BCUT2D eigenvalue weighted by Crippen LogP contribution is -1.94. The summed E-state index contributed by atoms with van der Waals surface area (Å²) in [4.78, 5) is 0. The second-order valence-corrected chi connectivity index (χ2v) is 12.3. The highest BCUT2D eigenvalue weighted by atomic mass is 14.2. The van der Waals surface area contributed by atoms with Crippen molar-refractivity contribution in [1.82, 2.24) is 0 Å². The molecule has 0 N–H and O–H groups in total. The van der Waals surface area contributed by atoms with Gasteiger partial charge in [-0.15, -0.1) is 0 Å². The summed E-state index contributed by atoms with van der Waals surface area (Å²) in [5.41, 5.74) is 7.71. The summed E-state index contributed by atoms with van der Waals surface area (Å²) in [6.45, 7) is 4.42. The third kappa shape index (κ3) is 3.71. The SMILES string of the molecule is Cc1ccc2c(-c3cc4ccc5ccccc5c4c4ccccc34)c3cc(C)ccc3c(-c3ccc4ccccc4c3)c2c1. The molecule has 0 aliphatic carbocycles. The fourth-order valence-electron chi connectivity index (χ4n) is 7.49. The van der Waals surface area contributed by atoms with E-state index in [1.54, 1.807) is 0 Å². The molecule has 0 atom stereocenters. The van der Waals surface area contributed by atoms with E-state index in [9.17, 15) is 0 Å². The minimum absolute atomic E-state index is 1.26. The second-order valence-electron chi connectivity index (χ2n) is 12.3. The molecular formula is C44H30. The van der Waals surface area contributed by atoms with Crippen molar-refractivity contribution in [3.8, 4) is 22.3 Å². The zero-order valence-electron chi connectivity index (χ0n) is 24.9. The molecule has 0 radical (unpaired) electrons. The quantitative estimate of drug-likeness (QED) is 0.146. The zero-order chi connectivity index (χ0) is 29.4. The van der Waals surface area contributed by atoms with Crippen molar-refractivity contribution < 1.29 is 0 Å². The van der Waals surface area contributed by atoms with Gasteiger partial charge in [0.15, 0.2) is 0 Å². The molecule has 206 valence electrons. The molecule has 9 rings (SSSR count). The van der Waals surface area contributed by atoms with E-state index in [-0.39, 0.29) is 0 Å². The average molecular weight is 559 g/mol. The predicted octanol–water partition coefficient (Wildman–Crippen LogP) is 12.6. The van der Waals surface area contributed by atoms with Crippen LogP contribution in [0.15, 0.2) is 146 Å². The second kappa shape index (κ2) is 9.53. The van der Waals surface area contributed by atoms with Gasteiger partial charge in [0.25, 0.3) is 0 Å². The Balaban J connectivity index is 1.47. The van der Waals surface area contributed by atoms with E-state index in [4.69, 9.17) is 0 Å². The number of rotatable bonds is 2. The van der Waals surface area contributed by atoms with E-state index >= 15 is 0 Å². The number of benzene rings is 9. The molecule has 9 aromatic rings. The van der Waals surface area contributed by atoms with Gasteiger partial charge in [0, 0.05) is 0 Å². The maximum Gasteiger partial charge on any atom is -0.00198 e. The third-order valence-electron chi connectivity index (χ3n) is 9.48. The van der Waals surface area contributed by atoms with Crippen LogP contribution < -0.4 is 0 Å². The first-order chi connectivity index (χ1) is 21.6. The number of hydrogen-bond donors (Lipinski definition) is 0. The summed E-state index contributed by atoms with van der Waals surface area (Å²) < 4.78 is 0. The van der Waals surface area contributed by atoms with Crippen LogP contribution in [0.4, 0.5) is 0 Å².